The monoisotopic (exact) mass is 564 g/mol. The number of nitrogens with zero attached hydrogens (tertiary/aromatic N) is 3. The van der Waals surface area contributed by atoms with Crippen LogP contribution in [0.4, 0.5) is 17.6 Å². The predicted octanol–water partition coefficient (Wildman–Crippen LogP) is 4.63. The van der Waals surface area contributed by atoms with Crippen LogP contribution in [0.1, 0.15) is 20.8 Å². The van der Waals surface area contributed by atoms with Gasteiger partial charge in [-0.25, -0.2) is 9.37 Å². The molecule has 8 nitrogen and oxygen atoms in total. The highest BCUT2D eigenvalue weighted by Crippen LogP contribution is 2.36. The number of thiophene rings is 1. The maximum atomic E-state index is 14.7. The average Bonchev–Trinajstić information content (AvgIpc) is 3.52. The Kier molecular flexibility index (Phi) is 7.73. The molecule has 1 aliphatic heterocycles. The van der Waals surface area contributed by atoms with Gasteiger partial charge in [0.25, 0.3) is 5.91 Å². The number of alkyl halides is 3. The highest BCUT2D eigenvalue weighted by molar-refractivity contribution is 7.16. The van der Waals surface area contributed by atoms with Crippen molar-refractivity contribution in [3.63, 3.8) is 0 Å². The third kappa shape index (κ3) is 6.00. The van der Waals surface area contributed by atoms with Crippen molar-refractivity contribution < 1.29 is 36.6 Å². The molecule has 13 heteroatoms. The minimum atomic E-state index is -4.56. The number of morpholine rings is 1. The zero-order chi connectivity index (χ0) is 27.6. The van der Waals surface area contributed by atoms with Crippen LogP contribution >= 0.6 is 11.3 Å². The van der Waals surface area contributed by atoms with Gasteiger partial charge in [0.2, 0.25) is 0 Å². The van der Waals surface area contributed by atoms with Gasteiger partial charge >= 0.3 is 6.18 Å². The van der Waals surface area contributed by atoms with Gasteiger partial charge in [-0.05, 0) is 6.07 Å². The van der Waals surface area contributed by atoms with E-state index in [1.807, 2.05) is 0 Å². The minimum absolute atomic E-state index is 0.0282. The lowest BCUT2D eigenvalue weighted by Gasteiger charge is -2.26. The van der Waals surface area contributed by atoms with Gasteiger partial charge in [-0.1, -0.05) is 18.2 Å². The van der Waals surface area contributed by atoms with Crippen LogP contribution < -0.4 is 15.2 Å². The maximum absolute atomic E-state index is 14.7. The number of benzene rings is 2. The van der Waals surface area contributed by atoms with Crippen molar-refractivity contribution >= 4 is 28.3 Å². The molecule has 1 fully saturated rings. The molecule has 0 unspecified atom stereocenters. The summed E-state index contributed by atoms with van der Waals surface area (Å²) in [6.07, 6.45) is -3.11. The first-order chi connectivity index (χ1) is 18.7. The van der Waals surface area contributed by atoms with E-state index in [2.05, 4.69) is 9.88 Å². The van der Waals surface area contributed by atoms with E-state index in [0.29, 0.717) is 35.8 Å². The van der Waals surface area contributed by atoms with Gasteiger partial charge in [-0.3, -0.25) is 14.3 Å². The largest absolute Gasteiger partial charge is 0.489 e. The summed E-state index contributed by atoms with van der Waals surface area (Å²) in [7, 11) is 0. The fourth-order valence-electron chi connectivity index (χ4n) is 4.24. The second-order valence-electron chi connectivity index (χ2n) is 8.77. The molecule has 0 saturated carbocycles. The number of carbonyl (C=O) groups is 1. The van der Waals surface area contributed by atoms with Gasteiger partial charge in [0, 0.05) is 43.4 Å². The molecule has 206 valence electrons. The van der Waals surface area contributed by atoms with Crippen LogP contribution in [0.5, 0.6) is 11.5 Å². The molecule has 0 spiro atoms. The molecular formula is C26H24F4N4O4S. The number of nitrogens with two attached hydrogens (primary N) is 1. The summed E-state index contributed by atoms with van der Waals surface area (Å²) in [6, 6.07) is 9.29. The summed E-state index contributed by atoms with van der Waals surface area (Å²) in [4.78, 5) is 18.5. The van der Waals surface area contributed by atoms with E-state index < -0.39 is 30.1 Å². The van der Waals surface area contributed by atoms with Crippen LogP contribution in [-0.2, 0) is 17.5 Å². The molecule has 0 bridgehead atoms. The molecule has 2 N–H and O–H groups in total. The number of hydrogen-bond acceptors (Lipinski definition) is 7. The number of aromatic nitrogens is 2. The maximum Gasteiger partial charge on any atom is 0.416 e. The number of imidazole rings is 1. The molecule has 1 saturated heterocycles. The number of carbonyl (C=O) groups excluding carboxylic acids is 1. The number of halogens is 4. The standard InChI is InChI=1S/C26H24F4N4O4S/c27-18-11-19-20(12-21(18)37-10-7-33-5-8-36-9-6-33)34(15-32-19)23-13-22(24(39-23)25(31)35)38-14-16-3-1-2-4-17(16)26(28,29)30/h1-4,11-13,15H,5-10,14H2,(H2,31,35). The Balaban J connectivity index is 1.38. The van der Waals surface area contributed by atoms with E-state index >= 15 is 0 Å². The number of amides is 1. The molecule has 4 aromatic rings. The zero-order valence-electron chi connectivity index (χ0n) is 20.5. The zero-order valence-corrected chi connectivity index (χ0v) is 21.4. The van der Waals surface area contributed by atoms with Crippen LogP contribution in [-0.4, -0.2) is 59.8 Å². The van der Waals surface area contributed by atoms with Gasteiger partial charge in [-0.2, -0.15) is 13.2 Å². The van der Waals surface area contributed by atoms with Crippen molar-refractivity contribution in [2.45, 2.75) is 12.8 Å². The van der Waals surface area contributed by atoms with Crippen molar-refractivity contribution in [2.24, 2.45) is 5.73 Å². The van der Waals surface area contributed by atoms with Crippen molar-refractivity contribution in [1.82, 2.24) is 14.5 Å². The van der Waals surface area contributed by atoms with E-state index in [1.165, 1.54) is 42.7 Å². The fourth-order valence-corrected chi connectivity index (χ4v) is 5.18. The van der Waals surface area contributed by atoms with Gasteiger partial charge < -0.3 is 19.9 Å². The molecule has 1 amide bonds. The van der Waals surface area contributed by atoms with Crippen LogP contribution in [0, 0.1) is 5.82 Å². The molecule has 1 aliphatic rings. The van der Waals surface area contributed by atoms with E-state index in [-0.39, 0.29) is 28.5 Å². The first-order valence-electron chi connectivity index (χ1n) is 12.0. The van der Waals surface area contributed by atoms with Crippen molar-refractivity contribution in [1.29, 1.82) is 0 Å². The molecule has 2 aromatic carbocycles. The van der Waals surface area contributed by atoms with Gasteiger partial charge in [0.1, 0.15) is 35.2 Å². The van der Waals surface area contributed by atoms with Crippen LogP contribution in [0.25, 0.3) is 16.0 Å². The van der Waals surface area contributed by atoms with Gasteiger partial charge in [-0.15, -0.1) is 11.3 Å². The number of fused-ring (bicyclic) bond motifs is 1. The molecule has 3 heterocycles. The Hall–Kier alpha value is -3.68. The first-order valence-corrected chi connectivity index (χ1v) is 12.8. The van der Waals surface area contributed by atoms with Gasteiger partial charge in [0.15, 0.2) is 11.6 Å². The number of rotatable bonds is 9. The van der Waals surface area contributed by atoms with Crippen molar-refractivity contribution in [3.8, 4) is 16.5 Å². The summed E-state index contributed by atoms with van der Waals surface area (Å²) in [5, 5.41) is 0.455. The Bertz CT molecular complexity index is 1480. The van der Waals surface area contributed by atoms with Crippen LogP contribution in [0.3, 0.4) is 0 Å². The molecule has 0 aliphatic carbocycles. The normalized spacial score (nSPS) is 14.6. The molecule has 0 radical (unpaired) electrons. The van der Waals surface area contributed by atoms with E-state index in [9.17, 15) is 22.4 Å². The highest BCUT2D eigenvalue weighted by Gasteiger charge is 2.33. The molecule has 2 aromatic heterocycles. The van der Waals surface area contributed by atoms with Crippen molar-refractivity contribution in [3.05, 3.63) is 70.6 Å². The Morgan fingerprint density at radius 2 is 1.87 bits per heavy atom. The van der Waals surface area contributed by atoms with E-state index in [0.717, 1.165) is 30.5 Å². The fraction of sp³-hybridized carbons (Fsp3) is 0.308. The average molecular weight is 565 g/mol. The minimum Gasteiger partial charge on any atom is -0.489 e. The third-order valence-corrected chi connectivity index (χ3v) is 7.35. The first kappa shape index (κ1) is 26.9. The second-order valence-corrected chi connectivity index (χ2v) is 9.80. The number of primary amides is 1. The van der Waals surface area contributed by atoms with E-state index in [4.69, 9.17) is 19.9 Å². The molecule has 0 atom stereocenters. The van der Waals surface area contributed by atoms with E-state index in [1.54, 1.807) is 4.57 Å². The summed E-state index contributed by atoms with van der Waals surface area (Å²) in [5.41, 5.74) is 5.47. The Morgan fingerprint density at radius 3 is 2.62 bits per heavy atom. The van der Waals surface area contributed by atoms with Crippen LogP contribution in [0.2, 0.25) is 0 Å². The lowest BCUT2D eigenvalue weighted by molar-refractivity contribution is -0.138. The number of ether oxygens (including phenoxy) is 3. The second kappa shape index (κ2) is 11.2. The van der Waals surface area contributed by atoms with Crippen LogP contribution in [0.15, 0.2) is 48.8 Å². The molecular weight excluding hydrogens is 540 g/mol. The summed E-state index contributed by atoms with van der Waals surface area (Å²) >= 11 is 0.980. The number of hydrogen-bond donors (Lipinski definition) is 1. The molecule has 39 heavy (non-hydrogen) atoms. The van der Waals surface area contributed by atoms with Gasteiger partial charge in [0.05, 0.1) is 29.8 Å². The SMILES string of the molecule is NC(=O)c1sc(-n2cnc3cc(F)c(OCCN4CCOCC4)cc32)cc1OCc1ccccc1C(F)(F)F. The lowest BCUT2D eigenvalue weighted by atomic mass is 10.1. The summed E-state index contributed by atoms with van der Waals surface area (Å²) in [6.45, 7) is 3.32. The lowest BCUT2D eigenvalue weighted by Crippen LogP contribution is -2.38. The summed E-state index contributed by atoms with van der Waals surface area (Å²) in [5.74, 6) is -1.28. The quantitative estimate of drug-likeness (QED) is 0.298. The highest BCUT2D eigenvalue weighted by atomic mass is 32.1. The Labute approximate surface area is 224 Å². The predicted molar refractivity (Wildman–Crippen MR) is 136 cm³/mol. The topological polar surface area (TPSA) is 91.8 Å². The smallest absolute Gasteiger partial charge is 0.416 e. The van der Waals surface area contributed by atoms with Crippen molar-refractivity contribution in [2.75, 3.05) is 39.5 Å². The molecule has 5 rings (SSSR count). The third-order valence-electron chi connectivity index (χ3n) is 6.22. The summed E-state index contributed by atoms with van der Waals surface area (Å²) < 4.78 is 73.1. The Morgan fingerprint density at radius 1 is 1.10 bits per heavy atom.